The molecule has 0 aliphatic carbocycles. The highest BCUT2D eigenvalue weighted by atomic mass is 19.4. The Morgan fingerprint density at radius 2 is 1.65 bits per heavy atom. The van der Waals surface area contributed by atoms with Crippen LogP contribution in [-0.2, 0) is 4.79 Å². The van der Waals surface area contributed by atoms with E-state index in [0.717, 1.165) is 6.41 Å². The van der Waals surface area contributed by atoms with Crippen LogP contribution in [-0.4, -0.2) is 36.9 Å². The predicted molar refractivity (Wildman–Crippen MR) is 64.4 cm³/mol. The number of carbonyl (C=O) groups is 1. The maximum Gasteiger partial charge on any atom is 0.573 e. The van der Waals surface area contributed by atoms with Crippen molar-refractivity contribution in [3.8, 4) is 11.5 Å². The minimum Gasteiger partial charge on any atom is -0.490 e. The van der Waals surface area contributed by atoms with E-state index in [0.29, 0.717) is 31.7 Å². The summed E-state index contributed by atoms with van der Waals surface area (Å²) in [4.78, 5) is 12.2. The summed E-state index contributed by atoms with van der Waals surface area (Å²) in [5, 5.41) is 0. The van der Waals surface area contributed by atoms with E-state index < -0.39 is 6.36 Å². The van der Waals surface area contributed by atoms with Crippen LogP contribution in [0.3, 0.4) is 0 Å². The van der Waals surface area contributed by atoms with Gasteiger partial charge in [0, 0.05) is 25.9 Å². The van der Waals surface area contributed by atoms with Crippen molar-refractivity contribution in [2.75, 3.05) is 13.1 Å². The van der Waals surface area contributed by atoms with Crippen molar-refractivity contribution in [2.24, 2.45) is 0 Å². The summed E-state index contributed by atoms with van der Waals surface area (Å²) in [6.45, 7) is 1.26. The van der Waals surface area contributed by atoms with Crippen LogP contribution in [0.4, 0.5) is 13.2 Å². The molecule has 1 aromatic carbocycles. The van der Waals surface area contributed by atoms with Gasteiger partial charge in [-0.25, -0.2) is 0 Å². The molecule has 0 unspecified atom stereocenters. The number of hydrogen-bond donors (Lipinski definition) is 0. The monoisotopic (exact) mass is 289 g/mol. The number of benzene rings is 1. The lowest BCUT2D eigenvalue weighted by molar-refractivity contribution is -0.274. The quantitative estimate of drug-likeness (QED) is 0.800. The zero-order valence-corrected chi connectivity index (χ0v) is 10.6. The lowest BCUT2D eigenvalue weighted by Gasteiger charge is -2.29. The zero-order chi connectivity index (χ0) is 14.6. The fourth-order valence-electron chi connectivity index (χ4n) is 2.01. The van der Waals surface area contributed by atoms with Gasteiger partial charge in [-0.1, -0.05) is 0 Å². The molecule has 0 N–H and O–H groups in total. The first-order valence-corrected chi connectivity index (χ1v) is 6.18. The van der Waals surface area contributed by atoms with Crippen molar-refractivity contribution in [1.82, 2.24) is 4.90 Å². The fourth-order valence-corrected chi connectivity index (χ4v) is 2.01. The second kappa shape index (κ2) is 6.02. The van der Waals surface area contributed by atoms with Crippen molar-refractivity contribution in [2.45, 2.75) is 25.3 Å². The molecule has 0 saturated carbocycles. The highest BCUT2D eigenvalue weighted by Gasteiger charge is 2.31. The Morgan fingerprint density at radius 1 is 1.10 bits per heavy atom. The molecule has 1 aromatic rings. The van der Waals surface area contributed by atoms with Crippen LogP contribution < -0.4 is 9.47 Å². The summed E-state index contributed by atoms with van der Waals surface area (Å²) in [7, 11) is 0. The minimum absolute atomic E-state index is 0.0272. The Kier molecular flexibility index (Phi) is 4.36. The second-order valence-corrected chi connectivity index (χ2v) is 4.48. The van der Waals surface area contributed by atoms with Gasteiger partial charge in [-0.05, 0) is 24.3 Å². The van der Waals surface area contributed by atoms with Gasteiger partial charge >= 0.3 is 6.36 Å². The Balaban J connectivity index is 1.86. The third-order valence-corrected chi connectivity index (χ3v) is 2.99. The zero-order valence-electron chi connectivity index (χ0n) is 10.6. The molecule has 2 rings (SSSR count). The number of amides is 1. The van der Waals surface area contributed by atoms with Crippen LogP contribution in [0.15, 0.2) is 24.3 Å². The van der Waals surface area contributed by atoms with Crippen LogP contribution in [0, 0.1) is 0 Å². The third-order valence-electron chi connectivity index (χ3n) is 2.99. The van der Waals surface area contributed by atoms with Crippen LogP contribution in [0.5, 0.6) is 11.5 Å². The Hall–Kier alpha value is -1.92. The number of alkyl halides is 3. The van der Waals surface area contributed by atoms with E-state index in [2.05, 4.69) is 4.74 Å². The Bertz CT molecular complexity index is 439. The molecule has 7 heteroatoms. The van der Waals surface area contributed by atoms with Crippen LogP contribution in [0.25, 0.3) is 0 Å². The summed E-state index contributed by atoms with van der Waals surface area (Å²) in [6, 6.07) is 5.30. The van der Waals surface area contributed by atoms with E-state index in [1.54, 1.807) is 4.90 Å². The van der Waals surface area contributed by atoms with E-state index in [1.165, 1.54) is 24.3 Å². The molecule has 1 aliphatic heterocycles. The summed E-state index contributed by atoms with van der Waals surface area (Å²) < 4.78 is 45.4. The highest BCUT2D eigenvalue weighted by Crippen LogP contribution is 2.26. The highest BCUT2D eigenvalue weighted by molar-refractivity contribution is 5.47. The molecule has 1 saturated heterocycles. The molecule has 1 amide bonds. The first-order valence-electron chi connectivity index (χ1n) is 6.18. The number of carbonyl (C=O) groups excluding carboxylic acids is 1. The van der Waals surface area contributed by atoms with E-state index in [-0.39, 0.29) is 11.9 Å². The van der Waals surface area contributed by atoms with E-state index in [9.17, 15) is 18.0 Å². The lowest BCUT2D eigenvalue weighted by Crippen LogP contribution is -2.37. The van der Waals surface area contributed by atoms with Gasteiger partial charge in [0.15, 0.2) is 0 Å². The molecule has 1 heterocycles. The first-order chi connectivity index (χ1) is 9.46. The molecule has 1 aliphatic rings. The lowest BCUT2D eigenvalue weighted by atomic mass is 10.1. The van der Waals surface area contributed by atoms with E-state index >= 15 is 0 Å². The van der Waals surface area contributed by atoms with Gasteiger partial charge < -0.3 is 14.4 Å². The van der Waals surface area contributed by atoms with Gasteiger partial charge in [0.1, 0.15) is 17.6 Å². The molecule has 1 fully saturated rings. The average Bonchev–Trinajstić information content (AvgIpc) is 2.40. The van der Waals surface area contributed by atoms with Crippen LogP contribution >= 0.6 is 0 Å². The summed E-state index contributed by atoms with van der Waals surface area (Å²) in [5.41, 5.74) is 0. The second-order valence-electron chi connectivity index (χ2n) is 4.48. The van der Waals surface area contributed by atoms with Gasteiger partial charge in [-0.3, -0.25) is 4.79 Å². The predicted octanol–water partition coefficient (Wildman–Crippen LogP) is 2.58. The normalized spacial score (nSPS) is 16.9. The number of rotatable bonds is 4. The molecule has 0 radical (unpaired) electrons. The van der Waals surface area contributed by atoms with Crippen molar-refractivity contribution in [1.29, 1.82) is 0 Å². The number of nitrogens with zero attached hydrogens (tertiary/aromatic N) is 1. The number of ether oxygens (including phenoxy) is 2. The summed E-state index contributed by atoms with van der Waals surface area (Å²) >= 11 is 0. The van der Waals surface area contributed by atoms with Crippen LogP contribution in [0.1, 0.15) is 12.8 Å². The van der Waals surface area contributed by atoms with Gasteiger partial charge in [0.2, 0.25) is 6.41 Å². The van der Waals surface area contributed by atoms with Crippen molar-refractivity contribution < 1.29 is 27.4 Å². The number of hydrogen-bond acceptors (Lipinski definition) is 3. The van der Waals surface area contributed by atoms with Gasteiger partial charge in [0.05, 0.1) is 0 Å². The standard InChI is InChI=1S/C13H14F3NO3/c14-13(15,16)20-12-3-1-10(2-4-12)19-11-5-7-17(9-18)8-6-11/h1-4,9,11H,5-8H2. The number of piperidine rings is 1. The van der Waals surface area contributed by atoms with E-state index in [4.69, 9.17) is 4.74 Å². The van der Waals surface area contributed by atoms with Crippen molar-refractivity contribution in [3.05, 3.63) is 24.3 Å². The largest absolute Gasteiger partial charge is 0.573 e. The molecule has 0 atom stereocenters. The number of likely N-dealkylation sites (tertiary alicyclic amines) is 1. The van der Waals surface area contributed by atoms with E-state index in [1.807, 2.05) is 0 Å². The first kappa shape index (κ1) is 14.5. The summed E-state index contributed by atoms with van der Waals surface area (Å²) in [5.74, 6) is 0.213. The summed E-state index contributed by atoms with van der Waals surface area (Å²) in [6.07, 6.45) is -2.50. The Labute approximate surface area is 114 Å². The molecule has 110 valence electrons. The third kappa shape index (κ3) is 4.32. The molecular weight excluding hydrogens is 275 g/mol. The number of halogens is 3. The molecule has 0 aromatic heterocycles. The molecule has 20 heavy (non-hydrogen) atoms. The molecular formula is C13H14F3NO3. The Morgan fingerprint density at radius 3 is 2.15 bits per heavy atom. The van der Waals surface area contributed by atoms with Crippen molar-refractivity contribution in [3.63, 3.8) is 0 Å². The van der Waals surface area contributed by atoms with Gasteiger partial charge in [-0.15, -0.1) is 13.2 Å². The topological polar surface area (TPSA) is 38.8 Å². The molecule has 0 spiro atoms. The van der Waals surface area contributed by atoms with Gasteiger partial charge in [0.25, 0.3) is 0 Å². The van der Waals surface area contributed by atoms with Crippen LogP contribution in [0.2, 0.25) is 0 Å². The van der Waals surface area contributed by atoms with Crippen molar-refractivity contribution >= 4 is 6.41 Å². The fraction of sp³-hybridized carbons (Fsp3) is 0.462. The molecule has 4 nitrogen and oxygen atoms in total. The minimum atomic E-state index is -4.69. The smallest absolute Gasteiger partial charge is 0.490 e. The SMILES string of the molecule is O=CN1CCC(Oc2ccc(OC(F)(F)F)cc2)CC1. The van der Waals surface area contributed by atoms with Gasteiger partial charge in [-0.2, -0.15) is 0 Å². The molecule has 0 bridgehead atoms. The maximum absolute atomic E-state index is 12.0. The average molecular weight is 289 g/mol. The maximum atomic E-state index is 12.0.